The Morgan fingerprint density at radius 1 is 1.09 bits per heavy atom. The van der Waals surface area contributed by atoms with E-state index in [4.69, 9.17) is 14.0 Å². The third-order valence-corrected chi connectivity index (χ3v) is 6.17. The van der Waals surface area contributed by atoms with Crippen LogP contribution in [0.1, 0.15) is 32.9 Å². The minimum Gasteiger partial charge on any atom is -0.493 e. The summed E-state index contributed by atoms with van der Waals surface area (Å²) < 4.78 is 16.6. The molecule has 0 radical (unpaired) electrons. The second-order valence-electron chi connectivity index (χ2n) is 8.69. The topological polar surface area (TPSA) is 80.1 Å². The highest BCUT2D eigenvalue weighted by molar-refractivity contribution is 6.04. The first-order valence-electron chi connectivity index (χ1n) is 11.5. The van der Waals surface area contributed by atoms with Crippen LogP contribution in [0.15, 0.2) is 47.0 Å². The Morgan fingerprint density at radius 3 is 2.59 bits per heavy atom. The summed E-state index contributed by atoms with van der Waals surface area (Å²) in [6, 6.07) is 13.2. The van der Waals surface area contributed by atoms with Crippen LogP contribution in [0.4, 0.5) is 5.69 Å². The fourth-order valence-corrected chi connectivity index (χ4v) is 4.00. The SMILES string of the molecule is COc1cc(C(=O)Nc2cccc(CN3CCN(C)CC3)c2)ccc1OCc1c(C)noc1C. The molecular formula is C26H32N4O4. The van der Waals surface area contributed by atoms with Gasteiger partial charge in [-0.1, -0.05) is 17.3 Å². The number of nitrogens with zero attached hydrogens (tertiary/aromatic N) is 3. The van der Waals surface area contributed by atoms with Crippen LogP contribution in [0.25, 0.3) is 0 Å². The number of rotatable bonds is 8. The zero-order chi connectivity index (χ0) is 24.1. The number of carbonyl (C=O) groups excluding carboxylic acids is 1. The summed E-state index contributed by atoms with van der Waals surface area (Å²) in [6.45, 7) is 9.18. The van der Waals surface area contributed by atoms with Gasteiger partial charge in [-0.3, -0.25) is 9.69 Å². The summed E-state index contributed by atoms with van der Waals surface area (Å²) in [7, 11) is 3.71. The molecule has 0 unspecified atom stereocenters. The molecular weight excluding hydrogens is 432 g/mol. The van der Waals surface area contributed by atoms with E-state index in [1.807, 2.05) is 32.0 Å². The summed E-state index contributed by atoms with van der Waals surface area (Å²) in [5, 5.41) is 6.95. The molecule has 2 aromatic carbocycles. The van der Waals surface area contributed by atoms with E-state index in [2.05, 4.69) is 33.4 Å². The van der Waals surface area contributed by atoms with Crippen LogP contribution in [-0.4, -0.2) is 61.2 Å². The van der Waals surface area contributed by atoms with E-state index >= 15 is 0 Å². The maximum Gasteiger partial charge on any atom is 0.255 e. The molecule has 8 heteroatoms. The second-order valence-corrected chi connectivity index (χ2v) is 8.69. The maximum absolute atomic E-state index is 12.9. The minimum atomic E-state index is -0.202. The van der Waals surface area contributed by atoms with Crippen LogP contribution in [0, 0.1) is 13.8 Å². The lowest BCUT2D eigenvalue weighted by molar-refractivity contribution is 0.102. The monoisotopic (exact) mass is 464 g/mol. The first kappa shape index (κ1) is 23.8. The molecule has 3 aromatic rings. The average Bonchev–Trinajstić information content (AvgIpc) is 3.16. The van der Waals surface area contributed by atoms with Gasteiger partial charge in [0.15, 0.2) is 11.5 Å². The van der Waals surface area contributed by atoms with Crippen molar-refractivity contribution >= 4 is 11.6 Å². The number of benzene rings is 2. The molecule has 1 saturated heterocycles. The molecule has 1 fully saturated rings. The van der Waals surface area contributed by atoms with E-state index in [9.17, 15) is 4.79 Å². The van der Waals surface area contributed by atoms with Gasteiger partial charge in [0.05, 0.1) is 18.4 Å². The number of ether oxygens (including phenoxy) is 2. The fourth-order valence-electron chi connectivity index (χ4n) is 4.00. The second kappa shape index (κ2) is 10.7. The molecule has 0 saturated carbocycles. The molecule has 2 heterocycles. The lowest BCUT2D eigenvalue weighted by Gasteiger charge is -2.32. The average molecular weight is 465 g/mol. The number of aryl methyl sites for hydroxylation is 2. The predicted molar refractivity (Wildman–Crippen MR) is 130 cm³/mol. The quantitative estimate of drug-likeness (QED) is 0.542. The number of hydrogen-bond acceptors (Lipinski definition) is 7. The molecule has 1 aliphatic rings. The molecule has 0 bridgehead atoms. The van der Waals surface area contributed by atoms with Crippen LogP contribution >= 0.6 is 0 Å². The molecule has 0 spiro atoms. The Labute approximate surface area is 200 Å². The Bertz CT molecular complexity index is 1120. The summed E-state index contributed by atoms with van der Waals surface area (Å²) in [5.41, 5.74) is 4.14. The number of piperazine rings is 1. The number of likely N-dealkylation sites (N-methyl/N-ethyl adjacent to an activating group) is 1. The lowest BCUT2D eigenvalue weighted by Crippen LogP contribution is -2.43. The van der Waals surface area contributed by atoms with E-state index in [-0.39, 0.29) is 5.91 Å². The molecule has 1 amide bonds. The van der Waals surface area contributed by atoms with Crippen molar-refractivity contribution in [3.05, 3.63) is 70.6 Å². The van der Waals surface area contributed by atoms with Crippen molar-refractivity contribution in [2.75, 3.05) is 45.7 Å². The Hall–Kier alpha value is -3.36. The fraction of sp³-hybridized carbons (Fsp3) is 0.385. The number of anilines is 1. The van der Waals surface area contributed by atoms with Gasteiger partial charge in [0.25, 0.3) is 5.91 Å². The van der Waals surface area contributed by atoms with Gasteiger partial charge in [0, 0.05) is 44.0 Å². The largest absolute Gasteiger partial charge is 0.493 e. The van der Waals surface area contributed by atoms with Crippen LogP contribution in [0.3, 0.4) is 0 Å². The van der Waals surface area contributed by atoms with E-state index < -0.39 is 0 Å². The van der Waals surface area contributed by atoms with Gasteiger partial charge in [-0.25, -0.2) is 0 Å². The van der Waals surface area contributed by atoms with E-state index in [1.54, 1.807) is 25.3 Å². The first-order valence-corrected chi connectivity index (χ1v) is 11.5. The number of carbonyl (C=O) groups is 1. The summed E-state index contributed by atoms with van der Waals surface area (Å²) in [4.78, 5) is 17.7. The highest BCUT2D eigenvalue weighted by Gasteiger charge is 2.16. The predicted octanol–water partition coefficient (Wildman–Crippen LogP) is 3.88. The van der Waals surface area contributed by atoms with Crippen LogP contribution in [0.5, 0.6) is 11.5 Å². The van der Waals surface area contributed by atoms with Crippen LogP contribution in [-0.2, 0) is 13.2 Å². The van der Waals surface area contributed by atoms with Crippen molar-refractivity contribution in [3.63, 3.8) is 0 Å². The standard InChI is InChI=1S/C26H32N4O4/c1-18-23(19(2)34-28-18)17-33-24-9-8-21(15-25(24)32-4)26(31)27-22-7-5-6-20(14-22)16-30-12-10-29(3)11-13-30/h5-9,14-15H,10-13,16-17H2,1-4H3,(H,27,31). The van der Waals surface area contributed by atoms with Crippen LogP contribution in [0.2, 0.25) is 0 Å². The van der Waals surface area contributed by atoms with Gasteiger partial charge in [-0.15, -0.1) is 0 Å². The van der Waals surface area contributed by atoms with Gasteiger partial charge in [-0.2, -0.15) is 0 Å². The minimum absolute atomic E-state index is 0.202. The number of methoxy groups -OCH3 is 1. The zero-order valence-corrected chi connectivity index (χ0v) is 20.3. The Morgan fingerprint density at radius 2 is 1.88 bits per heavy atom. The molecule has 1 N–H and O–H groups in total. The van der Waals surface area contributed by atoms with Gasteiger partial charge < -0.3 is 24.2 Å². The van der Waals surface area contributed by atoms with Gasteiger partial charge in [0.2, 0.25) is 0 Å². The lowest BCUT2D eigenvalue weighted by atomic mass is 10.1. The highest BCUT2D eigenvalue weighted by atomic mass is 16.5. The third-order valence-electron chi connectivity index (χ3n) is 6.17. The van der Waals surface area contributed by atoms with Crippen molar-refractivity contribution in [2.45, 2.75) is 27.0 Å². The van der Waals surface area contributed by atoms with E-state index in [1.165, 1.54) is 5.56 Å². The Kier molecular flexibility index (Phi) is 7.49. The number of nitrogens with one attached hydrogen (secondary N) is 1. The van der Waals surface area contributed by atoms with E-state index in [0.717, 1.165) is 55.4 Å². The van der Waals surface area contributed by atoms with Crippen molar-refractivity contribution in [1.29, 1.82) is 0 Å². The van der Waals surface area contributed by atoms with E-state index in [0.29, 0.717) is 23.7 Å². The van der Waals surface area contributed by atoms with Gasteiger partial charge in [0.1, 0.15) is 12.4 Å². The number of aromatic nitrogens is 1. The molecule has 0 aliphatic carbocycles. The summed E-state index contributed by atoms with van der Waals surface area (Å²) in [6.07, 6.45) is 0. The first-order chi connectivity index (χ1) is 16.4. The maximum atomic E-state index is 12.9. The van der Waals surface area contributed by atoms with Crippen molar-refractivity contribution in [2.24, 2.45) is 0 Å². The molecule has 1 aromatic heterocycles. The highest BCUT2D eigenvalue weighted by Crippen LogP contribution is 2.30. The molecule has 180 valence electrons. The van der Waals surface area contributed by atoms with Crippen molar-refractivity contribution < 1.29 is 18.8 Å². The molecule has 8 nitrogen and oxygen atoms in total. The summed E-state index contributed by atoms with van der Waals surface area (Å²) >= 11 is 0. The molecule has 1 aliphatic heterocycles. The smallest absolute Gasteiger partial charge is 0.255 e. The number of amides is 1. The molecule has 0 atom stereocenters. The molecule has 34 heavy (non-hydrogen) atoms. The van der Waals surface area contributed by atoms with Crippen LogP contribution < -0.4 is 14.8 Å². The normalized spacial score (nSPS) is 14.7. The number of hydrogen-bond donors (Lipinski definition) is 1. The zero-order valence-electron chi connectivity index (χ0n) is 20.3. The van der Waals surface area contributed by atoms with Crippen molar-refractivity contribution in [3.8, 4) is 11.5 Å². The van der Waals surface area contributed by atoms with Crippen molar-refractivity contribution in [1.82, 2.24) is 15.0 Å². The van der Waals surface area contributed by atoms with Gasteiger partial charge in [-0.05, 0) is 56.8 Å². The third kappa shape index (κ3) is 5.76. The molecule has 4 rings (SSSR count). The van der Waals surface area contributed by atoms with Gasteiger partial charge >= 0.3 is 0 Å². The Balaban J connectivity index is 1.40. The summed E-state index contributed by atoms with van der Waals surface area (Å²) in [5.74, 6) is 1.56.